The predicted molar refractivity (Wildman–Crippen MR) is 126 cm³/mol. The quantitative estimate of drug-likeness (QED) is 0.390. The molecule has 0 aliphatic heterocycles. The lowest BCUT2D eigenvalue weighted by atomic mass is 10.1. The van der Waals surface area contributed by atoms with Gasteiger partial charge in [-0.05, 0) is 60.5 Å². The van der Waals surface area contributed by atoms with Crippen LogP contribution in [0.25, 0.3) is 0 Å². The van der Waals surface area contributed by atoms with Crippen molar-refractivity contribution in [2.24, 2.45) is 5.10 Å². The standard InChI is InChI=1S/C24H25N3O5S/c1-17-4-11-21(12-5-17)33(30,31)27(2)16-18-6-9-20(10-7-18)24(29)26-25-15-19-8-13-23(32-3)22(28)14-19/h4-15,28H,16H2,1-3H3,(H,26,29). The fraction of sp³-hybridized carbons (Fsp3) is 0.167. The van der Waals surface area contributed by atoms with Crippen molar-refractivity contribution in [3.63, 3.8) is 0 Å². The number of aryl methyl sites for hydroxylation is 1. The van der Waals surface area contributed by atoms with Crippen LogP contribution >= 0.6 is 0 Å². The molecule has 0 bridgehead atoms. The molecule has 0 radical (unpaired) electrons. The van der Waals surface area contributed by atoms with Crippen LogP contribution < -0.4 is 10.2 Å². The Kier molecular flexibility index (Phi) is 7.47. The lowest BCUT2D eigenvalue weighted by Crippen LogP contribution is -2.26. The second-order valence-corrected chi connectivity index (χ2v) is 9.45. The number of carbonyl (C=O) groups is 1. The third kappa shape index (κ3) is 5.97. The average molecular weight is 468 g/mol. The molecule has 3 rings (SSSR count). The van der Waals surface area contributed by atoms with E-state index in [1.54, 1.807) is 60.7 Å². The van der Waals surface area contributed by atoms with Gasteiger partial charge in [0, 0.05) is 19.2 Å². The number of sulfonamides is 1. The average Bonchev–Trinajstić information content (AvgIpc) is 2.80. The van der Waals surface area contributed by atoms with Gasteiger partial charge in [-0.15, -0.1) is 0 Å². The van der Waals surface area contributed by atoms with Crippen LogP contribution in [0.4, 0.5) is 0 Å². The molecule has 0 heterocycles. The van der Waals surface area contributed by atoms with Crippen molar-refractivity contribution in [3.8, 4) is 11.5 Å². The monoisotopic (exact) mass is 467 g/mol. The van der Waals surface area contributed by atoms with Gasteiger partial charge in [0.1, 0.15) is 0 Å². The van der Waals surface area contributed by atoms with Crippen LogP contribution in [0, 0.1) is 6.92 Å². The van der Waals surface area contributed by atoms with Crippen LogP contribution in [-0.4, -0.2) is 44.1 Å². The van der Waals surface area contributed by atoms with E-state index in [2.05, 4.69) is 10.5 Å². The molecule has 9 heteroatoms. The molecule has 0 aliphatic carbocycles. The topological polar surface area (TPSA) is 108 Å². The summed E-state index contributed by atoms with van der Waals surface area (Å²) in [4.78, 5) is 12.5. The van der Waals surface area contributed by atoms with Crippen molar-refractivity contribution in [2.75, 3.05) is 14.2 Å². The van der Waals surface area contributed by atoms with E-state index in [0.717, 1.165) is 11.1 Å². The zero-order valence-electron chi connectivity index (χ0n) is 18.5. The van der Waals surface area contributed by atoms with Crippen molar-refractivity contribution in [2.45, 2.75) is 18.4 Å². The van der Waals surface area contributed by atoms with E-state index in [-0.39, 0.29) is 17.2 Å². The molecule has 0 saturated heterocycles. The Morgan fingerprint density at radius 1 is 1.09 bits per heavy atom. The normalized spacial score (nSPS) is 11.6. The summed E-state index contributed by atoms with van der Waals surface area (Å²) in [6, 6.07) is 18.0. The maximum atomic E-state index is 12.7. The molecule has 3 aromatic rings. The van der Waals surface area contributed by atoms with Gasteiger partial charge in [0.15, 0.2) is 11.5 Å². The maximum Gasteiger partial charge on any atom is 0.271 e. The van der Waals surface area contributed by atoms with E-state index in [9.17, 15) is 18.3 Å². The number of aromatic hydroxyl groups is 1. The van der Waals surface area contributed by atoms with Crippen molar-refractivity contribution >= 4 is 22.1 Å². The summed E-state index contributed by atoms with van der Waals surface area (Å²) < 4.78 is 31.7. The molecule has 0 aromatic heterocycles. The molecular weight excluding hydrogens is 442 g/mol. The van der Waals surface area contributed by atoms with E-state index >= 15 is 0 Å². The summed E-state index contributed by atoms with van der Waals surface area (Å²) in [6.07, 6.45) is 1.40. The third-order valence-electron chi connectivity index (χ3n) is 4.93. The Balaban J connectivity index is 1.60. The van der Waals surface area contributed by atoms with E-state index in [1.165, 1.54) is 30.7 Å². The smallest absolute Gasteiger partial charge is 0.271 e. The highest BCUT2D eigenvalue weighted by Crippen LogP contribution is 2.25. The minimum absolute atomic E-state index is 0.0299. The Morgan fingerprint density at radius 3 is 2.36 bits per heavy atom. The van der Waals surface area contributed by atoms with Crippen LogP contribution in [0.5, 0.6) is 11.5 Å². The first kappa shape index (κ1) is 24.0. The van der Waals surface area contributed by atoms with Crippen LogP contribution in [-0.2, 0) is 16.6 Å². The molecule has 3 aromatic carbocycles. The molecule has 0 aliphatic rings. The van der Waals surface area contributed by atoms with Gasteiger partial charge in [0.2, 0.25) is 10.0 Å². The highest BCUT2D eigenvalue weighted by molar-refractivity contribution is 7.89. The Bertz CT molecular complexity index is 1250. The van der Waals surface area contributed by atoms with Gasteiger partial charge in [-0.1, -0.05) is 29.8 Å². The summed E-state index contributed by atoms with van der Waals surface area (Å²) >= 11 is 0. The minimum Gasteiger partial charge on any atom is -0.504 e. The fourth-order valence-electron chi connectivity index (χ4n) is 3.01. The fourth-order valence-corrected chi connectivity index (χ4v) is 4.17. The molecule has 0 unspecified atom stereocenters. The summed E-state index contributed by atoms with van der Waals surface area (Å²) in [7, 11) is -0.648. The van der Waals surface area contributed by atoms with Gasteiger partial charge in [-0.25, -0.2) is 13.8 Å². The zero-order chi connectivity index (χ0) is 24.0. The molecule has 33 heavy (non-hydrogen) atoms. The van der Waals surface area contributed by atoms with E-state index in [0.29, 0.717) is 16.9 Å². The van der Waals surface area contributed by atoms with Gasteiger partial charge in [0.25, 0.3) is 5.91 Å². The second kappa shape index (κ2) is 10.3. The molecule has 0 saturated carbocycles. The Labute approximate surface area is 193 Å². The number of nitrogens with one attached hydrogen (secondary N) is 1. The zero-order valence-corrected chi connectivity index (χ0v) is 19.3. The van der Waals surface area contributed by atoms with Gasteiger partial charge >= 0.3 is 0 Å². The summed E-state index contributed by atoms with van der Waals surface area (Å²) in [6.45, 7) is 2.06. The number of phenolic OH excluding ortho intramolecular Hbond substituents is 1. The second-order valence-electron chi connectivity index (χ2n) is 7.40. The van der Waals surface area contributed by atoms with Crippen LogP contribution in [0.3, 0.4) is 0 Å². The number of amides is 1. The third-order valence-corrected chi connectivity index (χ3v) is 6.75. The van der Waals surface area contributed by atoms with Crippen LogP contribution in [0.2, 0.25) is 0 Å². The van der Waals surface area contributed by atoms with Crippen molar-refractivity contribution < 1.29 is 23.1 Å². The van der Waals surface area contributed by atoms with Gasteiger partial charge < -0.3 is 9.84 Å². The summed E-state index contributed by atoms with van der Waals surface area (Å²) in [5.41, 5.74) is 5.10. The molecule has 1 amide bonds. The van der Waals surface area contributed by atoms with E-state index < -0.39 is 15.9 Å². The number of hydrazone groups is 1. The van der Waals surface area contributed by atoms with Gasteiger partial charge in [-0.3, -0.25) is 4.79 Å². The lowest BCUT2D eigenvalue weighted by molar-refractivity contribution is 0.0955. The molecule has 0 atom stereocenters. The SMILES string of the molecule is COc1ccc(C=NNC(=O)c2ccc(CN(C)S(=O)(=O)c3ccc(C)cc3)cc2)cc1O. The molecule has 172 valence electrons. The summed E-state index contributed by atoms with van der Waals surface area (Å²) in [5, 5.41) is 13.7. The number of nitrogens with zero attached hydrogens (tertiary/aromatic N) is 2. The van der Waals surface area contributed by atoms with Crippen LogP contribution in [0.1, 0.15) is 27.0 Å². The van der Waals surface area contributed by atoms with Crippen molar-refractivity contribution in [1.82, 2.24) is 9.73 Å². The number of carbonyl (C=O) groups excluding carboxylic acids is 1. The maximum absolute atomic E-state index is 12.7. The molecule has 2 N–H and O–H groups in total. The van der Waals surface area contributed by atoms with Gasteiger partial charge in [-0.2, -0.15) is 9.41 Å². The summed E-state index contributed by atoms with van der Waals surface area (Å²) in [5.74, 6) is -0.109. The minimum atomic E-state index is -3.62. The van der Waals surface area contributed by atoms with Gasteiger partial charge in [0.05, 0.1) is 18.2 Å². The highest BCUT2D eigenvalue weighted by atomic mass is 32.2. The number of phenols is 1. The number of rotatable bonds is 8. The number of ether oxygens (including phenoxy) is 1. The number of hydrogen-bond donors (Lipinski definition) is 2. The number of benzene rings is 3. The Morgan fingerprint density at radius 2 is 1.76 bits per heavy atom. The number of hydrogen-bond acceptors (Lipinski definition) is 6. The molecule has 0 spiro atoms. The van der Waals surface area contributed by atoms with E-state index in [4.69, 9.17) is 4.74 Å². The predicted octanol–water partition coefficient (Wildman–Crippen LogP) is 3.29. The molecule has 8 nitrogen and oxygen atoms in total. The first-order valence-electron chi connectivity index (χ1n) is 10.0. The molecular formula is C24H25N3O5S. The first-order valence-corrected chi connectivity index (χ1v) is 11.5. The largest absolute Gasteiger partial charge is 0.504 e. The number of methoxy groups -OCH3 is 1. The first-order chi connectivity index (χ1) is 15.7. The highest BCUT2D eigenvalue weighted by Gasteiger charge is 2.20. The van der Waals surface area contributed by atoms with Crippen molar-refractivity contribution in [3.05, 3.63) is 89.0 Å². The molecule has 0 fully saturated rings. The lowest BCUT2D eigenvalue weighted by Gasteiger charge is -2.17. The van der Waals surface area contributed by atoms with E-state index in [1.807, 2.05) is 6.92 Å². The van der Waals surface area contributed by atoms with Crippen LogP contribution in [0.15, 0.2) is 76.7 Å². The van der Waals surface area contributed by atoms with Crippen molar-refractivity contribution in [1.29, 1.82) is 0 Å². The Hall–Kier alpha value is -3.69.